The highest BCUT2D eigenvalue weighted by atomic mass is 35.5. The minimum absolute atomic E-state index is 0.00316. The first-order chi connectivity index (χ1) is 15.4. The molecule has 0 fully saturated rings. The molecule has 1 aromatic heterocycles. The van der Waals surface area contributed by atoms with Crippen molar-refractivity contribution in [3.8, 4) is 22.9 Å². The van der Waals surface area contributed by atoms with E-state index < -0.39 is 10.0 Å². The van der Waals surface area contributed by atoms with Gasteiger partial charge >= 0.3 is 0 Å². The van der Waals surface area contributed by atoms with Gasteiger partial charge in [0.05, 0.1) is 4.90 Å². The van der Waals surface area contributed by atoms with Gasteiger partial charge in [0.15, 0.2) is 5.82 Å². The van der Waals surface area contributed by atoms with E-state index in [1.165, 1.54) is 12.1 Å². The number of nitrogens with zero attached hydrogens (tertiary/aromatic N) is 3. The van der Waals surface area contributed by atoms with E-state index >= 15 is 0 Å². The lowest BCUT2D eigenvalue weighted by atomic mass is 10.1. The first kappa shape index (κ1) is 21.5. The molecule has 158 valence electrons. The third-order valence-electron chi connectivity index (χ3n) is 4.83. The highest BCUT2D eigenvalue weighted by molar-refractivity contribution is 7.89. The molecule has 6 nitrogen and oxygen atoms in total. The Morgan fingerprint density at radius 3 is 2.22 bits per heavy atom. The predicted octanol–water partition coefficient (Wildman–Crippen LogP) is 5.07. The first-order valence-corrected chi connectivity index (χ1v) is 11.4. The maximum Gasteiger partial charge on any atom is 0.238 e. The van der Waals surface area contributed by atoms with Gasteiger partial charge in [-0.25, -0.2) is 18.5 Å². The monoisotopic (exact) mass is 460 g/mol. The lowest BCUT2D eigenvalue weighted by Gasteiger charge is -2.07. The Kier molecular flexibility index (Phi) is 5.93. The van der Waals surface area contributed by atoms with Crippen molar-refractivity contribution in [2.24, 2.45) is 10.1 Å². The van der Waals surface area contributed by atoms with Crippen molar-refractivity contribution < 1.29 is 8.42 Å². The van der Waals surface area contributed by atoms with E-state index in [0.717, 1.165) is 11.1 Å². The fourth-order valence-electron chi connectivity index (χ4n) is 3.25. The summed E-state index contributed by atoms with van der Waals surface area (Å²) >= 11 is 5.95. The van der Waals surface area contributed by atoms with Crippen LogP contribution in [-0.2, 0) is 10.0 Å². The minimum Gasteiger partial charge on any atom is -0.300 e. The van der Waals surface area contributed by atoms with Crippen LogP contribution in [0.4, 0.5) is 5.82 Å². The van der Waals surface area contributed by atoms with Crippen molar-refractivity contribution in [1.82, 2.24) is 4.57 Å². The Labute approximate surface area is 190 Å². The van der Waals surface area contributed by atoms with Gasteiger partial charge in [0.25, 0.3) is 0 Å². The summed E-state index contributed by atoms with van der Waals surface area (Å²) < 4.78 is 25.0. The summed E-state index contributed by atoms with van der Waals surface area (Å²) in [6.07, 6.45) is 3.46. The molecule has 1 heterocycles. The second kappa shape index (κ2) is 8.81. The second-order valence-electron chi connectivity index (χ2n) is 6.94. The van der Waals surface area contributed by atoms with Gasteiger partial charge in [-0.3, -0.25) is 0 Å². The number of primary sulfonamides is 1. The van der Waals surface area contributed by atoms with Gasteiger partial charge in [0, 0.05) is 28.7 Å². The summed E-state index contributed by atoms with van der Waals surface area (Å²) in [7, 11) is -3.81. The second-order valence-corrected chi connectivity index (χ2v) is 8.94. The van der Waals surface area contributed by atoms with Crippen molar-refractivity contribution in [2.45, 2.75) is 4.90 Å². The number of benzene rings is 3. The molecular formula is C24H17ClN4O2S. The van der Waals surface area contributed by atoms with Crippen molar-refractivity contribution in [3.63, 3.8) is 0 Å². The number of rotatable bonds is 5. The van der Waals surface area contributed by atoms with Crippen molar-refractivity contribution in [2.75, 3.05) is 0 Å². The molecule has 0 bridgehead atoms. The van der Waals surface area contributed by atoms with Crippen LogP contribution in [0.5, 0.6) is 0 Å². The number of aliphatic imine (C=N–C) groups is 1. The zero-order valence-electron chi connectivity index (χ0n) is 16.7. The Morgan fingerprint density at radius 1 is 0.969 bits per heavy atom. The fraction of sp³-hybridized carbons (Fsp3) is 0. The van der Waals surface area contributed by atoms with Crippen LogP contribution in [0.25, 0.3) is 16.8 Å². The van der Waals surface area contributed by atoms with Gasteiger partial charge < -0.3 is 4.57 Å². The van der Waals surface area contributed by atoms with E-state index in [9.17, 15) is 13.7 Å². The van der Waals surface area contributed by atoms with E-state index in [1.54, 1.807) is 35.0 Å². The van der Waals surface area contributed by atoms with Crippen LogP contribution in [0.3, 0.4) is 0 Å². The Hall–Kier alpha value is -3.70. The van der Waals surface area contributed by atoms with Gasteiger partial charge in [-0.1, -0.05) is 54.1 Å². The van der Waals surface area contributed by atoms with E-state index in [0.29, 0.717) is 27.7 Å². The Balaban J connectivity index is 1.88. The number of hydrogen-bond donors (Lipinski definition) is 1. The third-order valence-corrected chi connectivity index (χ3v) is 6.01. The van der Waals surface area contributed by atoms with E-state index in [-0.39, 0.29) is 4.90 Å². The first-order valence-electron chi connectivity index (χ1n) is 9.50. The molecule has 32 heavy (non-hydrogen) atoms. The molecule has 0 spiro atoms. The lowest BCUT2D eigenvalue weighted by Crippen LogP contribution is -2.11. The van der Waals surface area contributed by atoms with Crippen LogP contribution in [0, 0.1) is 11.3 Å². The van der Waals surface area contributed by atoms with Gasteiger partial charge in [-0.2, -0.15) is 5.26 Å². The number of hydrogen-bond acceptors (Lipinski definition) is 4. The number of sulfonamides is 1. The van der Waals surface area contributed by atoms with Crippen LogP contribution >= 0.6 is 11.6 Å². The summed E-state index contributed by atoms with van der Waals surface area (Å²) in [6, 6.07) is 25.0. The summed E-state index contributed by atoms with van der Waals surface area (Å²) in [5.74, 6) is 0.421. The van der Waals surface area contributed by atoms with Crippen LogP contribution in [0.15, 0.2) is 94.9 Å². The van der Waals surface area contributed by atoms with E-state index in [1.807, 2.05) is 48.7 Å². The average Bonchev–Trinajstić information content (AvgIpc) is 3.17. The SMILES string of the molecule is N#Cc1c(-c2ccccc2)cn(-c2ccc(S(N)(=O)=O)cc2)c1/N=C/c1ccc(Cl)cc1. The maximum atomic E-state index is 11.6. The number of halogens is 1. The van der Waals surface area contributed by atoms with Crippen molar-refractivity contribution >= 4 is 33.7 Å². The zero-order chi connectivity index (χ0) is 22.7. The molecule has 0 atom stereocenters. The largest absolute Gasteiger partial charge is 0.300 e. The molecule has 0 radical (unpaired) electrons. The molecule has 4 rings (SSSR count). The smallest absolute Gasteiger partial charge is 0.238 e. The fourth-order valence-corrected chi connectivity index (χ4v) is 3.89. The number of nitriles is 1. The van der Waals surface area contributed by atoms with Crippen molar-refractivity contribution in [3.05, 3.63) is 101 Å². The van der Waals surface area contributed by atoms with Gasteiger partial charge in [0.1, 0.15) is 11.6 Å². The zero-order valence-corrected chi connectivity index (χ0v) is 18.3. The molecule has 0 aliphatic heterocycles. The van der Waals surface area contributed by atoms with Crippen LogP contribution in [0.2, 0.25) is 5.02 Å². The van der Waals surface area contributed by atoms with E-state index in [4.69, 9.17) is 16.7 Å². The molecule has 3 aromatic carbocycles. The topological polar surface area (TPSA) is 101 Å². The minimum atomic E-state index is -3.81. The van der Waals surface area contributed by atoms with Crippen molar-refractivity contribution in [1.29, 1.82) is 5.26 Å². The molecule has 0 aliphatic rings. The Morgan fingerprint density at radius 2 is 1.62 bits per heavy atom. The molecule has 2 N–H and O–H groups in total. The highest BCUT2D eigenvalue weighted by Gasteiger charge is 2.18. The lowest BCUT2D eigenvalue weighted by molar-refractivity contribution is 0.598. The summed E-state index contributed by atoms with van der Waals surface area (Å²) in [5.41, 5.74) is 3.44. The van der Waals surface area contributed by atoms with Gasteiger partial charge in [-0.05, 0) is 47.5 Å². The highest BCUT2D eigenvalue weighted by Crippen LogP contribution is 2.35. The average molecular weight is 461 g/mol. The number of aromatic nitrogens is 1. The predicted molar refractivity (Wildman–Crippen MR) is 126 cm³/mol. The molecule has 0 amide bonds. The summed E-state index contributed by atoms with van der Waals surface area (Å²) in [4.78, 5) is 4.60. The summed E-state index contributed by atoms with van der Waals surface area (Å²) in [6.45, 7) is 0. The van der Waals surface area contributed by atoms with Gasteiger partial charge in [-0.15, -0.1) is 0 Å². The Bertz CT molecular complexity index is 1440. The quantitative estimate of drug-likeness (QED) is 0.421. The van der Waals surface area contributed by atoms with E-state index in [2.05, 4.69) is 11.1 Å². The molecule has 0 saturated carbocycles. The molecule has 4 aromatic rings. The molecule has 0 unspecified atom stereocenters. The molecular weight excluding hydrogens is 444 g/mol. The third kappa shape index (κ3) is 4.48. The maximum absolute atomic E-state index is 11.6. The van der Waals surface area contributed by atoms with Crippen LogP contribution in [0.1, 0.15) is 11.1 Å². The van der Waals surface area contributed by atoms with Crippen LogP contribution in [-0.4, -0.2) is 19.2 Å². The normalized spacial score (nSPS) is 11.5. The van der Waals surface area contributed by atoms with Gasteiger partial charge in [0.2, 0.25) is 10.0 Å². The van der Waals surface area contributed by atoms with Crippen LogP contribution < -0.4 is 5.14 Å². The standard InChI is InChI=1S/C24H17ClN4O2S/c25-19-8-6-17(7-9-19)15-28-24-22(14-26)23(18-4-2-1-3-5-18)16-29(24)20-10-12-21(13-11-20)32(27,30)31/h1-13,15-16H,(H2,27,30,31)/b28-15+. The summed E-state index contributed by atoms with van der Waals surface area (Å²) in [5, 5.41) is 15.8. The number of nitrogens with two attached hydrogens (primary N) is 1. The molecule has 0 saturated heterocycles. The molecule has 8 heteroatoms. The molecule has 0 aliphatic carbocycles.